The Morgan fingerprint density at radius 3 is 2.59 bits per heavy atom. The van der Waals surface area contributed by atoms with Gasteiger partial charge in [-0.15, -0.1) is 0 Å². The Kier molecular flexibility index (Phi) is 5.07. The normalized spacial score (nSPS) is 25.3. The molecule has 12 heteroatoms. The number of rotatable bonds is 6. The summed E-state index contributed by atoms with van der Waals surface area (Å²) in [5.74, 6) is 1.39. The van der Waals surface area contributed by atoms with Crippen molar-refractivity contribution in [3.63, 3.8) is 0 Å². The second-order valence-electron chi connectivity index (χ2n) is 9.05. The maximum Gasteiger partial charge on any atom is 0.229 e. The van der Waals surface area contributed by atoms with Crippen LogP contribution in [0.25, 0.3) is 0 Å². The number of nitriles is 1. The molecule has 3 aliphatic rings. The summed E-state index contributed by atoms with van der Waals surface area (Å²) in [6.45, 7) is 2.40. The molecule has 0 spiro atoms. The maximum absolute atomic E-state index is 12.0. The highest BCUT2D eigenvalue weighted by molar-refractivity contribution is 7.88. The van der Waals surface area contributed by atoms with Gasteiger partial charge in [-0.05, 0) is 18.9 Å². The number of nitrogens with zero attached hydrogens (tertiary/aromatic N) is 8. The lowest BCUT2D eigenvalue weighted by Crippen LogP contribution is -2.75. The van der Waals surface area contributed by atoms with Crippen molar-refractivity contribution in [2.75, 3.05) is 42.7 Å². The first-order chi connectivity index (χ1) is 15.3. The number of hydrogen-bond donors (Lipinski definition) is 1. The summed E-state index contributed by atoms with van der Waals surface area (Å²) in [6, 6.07) is 4.77. The third-order valence-corrected chi connectivity index (χ3v) is 7.97. The van der Waals surface area contributed by atoms with E-state index >= 15 is 0 Å². The lowest BCUT2D eigenvalue weighted by molar-refractivity contribution is -0.0479. The number of aryl methyl sites for hydroxylation is 1. The monoisotopic (exact) mass is 457 g/mol. The molecular formula is C20H27N9O2S. The van der Waals surface area contributed by atoms with Crippen LogP contribution in [0.4, 0.5) is 17.5 Å². The van der Waals surface area contributed by atoms with Crippen LogP contribution in [-0.4, -0.2) is 87.4 Å². The highest BCUT2D eigenvalue weighted by Crippen LogP contribution is 2.43. The topological polar surface area (TPSA) is 123 Å². The van der Waals surface area contributed by atoms with Crippen molar-refractivity contribution in [3.05, 3.63) is 24.7 Å². The Bertz CT molecular complexity index is 1140. The quantitative estimate of drug-likeness (QED) is 0.662. The molecule has 1 unspecified atom stereocenters. The molecule has 170 valence electrons. The molecule has 3 fully saturated rings. The molecule has 0 radical (unpaired) electrons. The van der Waals surface area contributed by atoms with E-state index in [1.165, 1.54) is 10.6 Å². The van der Waals surface area contributed by atoms with Crippen LogP contribution in [0.3, 0.4) is 0 Å². The summed E-state index contributed by atoms with van der Waals surface area (Å²) in [4.78, 5) is 13.8. The van der Waals surface area contributed by atoms with Crippen LogP contribution < -0.4 is 10.2 Å². The van der Waals surface area contributed by atoms with E-state index in [0.29, 0.717) is 25.5 Å². The van der Waals surface area contributed by atoms with E-state index in [1.807, 2.05) is 19.3 Å². The zero-order chi connectivity index (χ0) is 22.5. The van der Waals surface area contributed by atoms with E-state index in [0.717, 1.165) is 37.4 Å². The number of aromatic nitrogens is 4. The first-order valence-electron chi connectivity index (χ1n) is 10.7. The van der Waals surface area contributed by atoms with Gasteiger partial charge in [0.25, 0.3) is 0 Å². The summed E-state index contributed by atoms with van der Waals surface area (Å²) >= 11 is 0. The van der Waals surface area contributed by atoms with Gasteiger partial charge in [0.15, 0.2) is 0 Å². The zero-order valence-electron chi connectivity index (χ0n) is 18.2. The molecule has 3 saturated heterocycles. The fourth-order valence-corrected chi connectivity index (χ4v) is 6.37. The van der Waals surface area contributed by atoms with E-state index in [1.54, 1.807) is 17.1 Å². The Labute approximate surface area is 187 Å². The summed E-state index contributed by atoms with van der Waals surface area (Å²) in [7, 11) is -1.38. The number of piperazine rings is 1. The van der Waals surface area contributed by atoms with Crippen molar-refractivity contribution in [3.8, 4) is 6.07 Å². The van der Waals surface area contributed by atoms with Gasteiger partial charge < -0.3 is 10.2 Å². The fraction of sp³-hybridized carbons (Fsp3) is 0.600. The SMILES string of the molecule is Cn1cc(Nc2nccc(N3CC4CC[C@H](C3)N4C3(CC#N)CN(S(C)(=O)=O)C3)n2)cn1. The molecule has 11 nitrogen and oxygen atoms in total. The number of nitrogens with one attached hydrogen (secondary N) is 1. The Balaban J connectivity index is 1.32. The minimum atomic E-state index is -3.23. The Morgan fingerprint density at radius 2 is 2.00 bits per heavy atom. The van der Waals surface area contributed by atoms with Gasteiger partial charge in [0.2, 0.25) is 16.0 Å². The zero-order valence-corrected chi connectivity index (χ0v) is 19.0. The van der Waals surface area contributed by atoms with E-state index in [-0.39, 0.29) is 17.6 Å². The standard InChI is InChI=1S/C20H27N9O2S/c1-26-10-15(9-23-26)24-19-22-8-5-18(25-19)27-11-16-3-4-17(12-27)29(16)20(6-7-21)13-28(14-20)32(2,30)31/h5,8-10,16-17H,3-4,6,11-14H2,1-2H3,(H,22,24,25)/t16-,17?/m1/s1. The van der Waals surface area contributed by atoms with Gasteiger partial charge in [-0.1, -0.05) is 0 Å². The van der Waals surface area contributed by atoms with Crippen LogP contribution in [-0.2, 0) is 17.1 Å². The second-order valence-corrected chi connectivity index (χ2v) is 11.0. The Morgan fingerprint density at radius 1 is 1.28 bits per heavy atom. The minimum Gasteiger partial charge on any atom is -0.353 e. The van der Waals surface area contributed by atoms with Crippen LogP contribution >= 0.6 is 0 Å². The molecule has 3 aliphatic heterocycles. The molecule has 1 N–H and O–H groups in total. The number of hydrogen-bond acceptors (Lipinski definition) is 9. The molecule has 0 aromatic carbocycles. The van der Waals surface area contributed by atoms with Gasteiger partial charge in [0.1, 0.15) is 5.82 Å². The molecule has 2 atom stereocenters. The molecule has 0 amide bonds. The lowest BCUT2D eigenvalue weighted by atomic mass is 9.84. The minimum absolute atomic E-state index is 0.272. The molecular weight excluding hydrogens is 430 g/mol. The van der Waals surface area contributed by atoms with Crippen LogP contribution in [0.15, 0.2) is 24.7 Å². The first kappa shape index (κ1) is 21.1. The maximum atomic E-state index is 12.0. The van der Waals surface area contributed by atoms with Gasteiger partial charge in [0.05, 0.1) is 36.2 Å². The Hall–Kier alpha value is -2.75. The highest BCUT2D eigenvalue weighted by Gasteiger charge is 2.57. The second kappa shape index (κ2) is 7.68. The molecule has 5 rings (SSSR count). The molecule has 32 heavy (non-hydrogen) atoms. The summed E-state index contributed by atoms with van der Waals surface area (Å²) < 4.78 is 27.1. The third kappa shape index (κ3) is 3.70. The van der Waals surface area contributed by atoms with Gasteiger partial charge >= 0.3 is 0 Å². The summed E-state index contributed by atoms with van der Waals surface area (Å²) in [5.41, 5.74) is 0.447. The number of fused-ring (bicyclic) bond motifs is 2. The van der Waals surface area contributed by atoms with E-state index < -0.39 is 10.0 Å². The van der Waals surface area contributed by atoms with Gasteiger partial charge in [0, 0.05) is 57.7 Å². The predicted octanol–water partition coefficient (Wildman–Crippen LogP) is 0.534. The largest absolute Gasteiger partial charge is 0.353 e. The molecule has 5 heterocycles. The molecule has 2 bridgehead atoms. The van der Waals surface area contributed by atoms with Gasteiger partial charge in [-0.3, -0.25) is 9.58 Å². The smallest absolute Gasteiger partial charge is 0.229 e. The van der Waals surface area contributed by atoms with Crippen LogP contribution in [0.2, 0.25) is 0 Å². The van der Waals surface area contributed by atoms with Crippen molar-refractivity contribution in [1.29, 1.82) is 5.26 Å². The lowest BCUT2D eigenvalue weighted by Gasteiger charge is -2.58. The predicted molar refractivity (Wildman–Crippen MR) is 119 cm³/mol. The molecule has 0 aliphatic carbocycles. The van der Waals surface area contributed by atoms with Gasteiger partial charge in [-0.25, -0.2) is 13.4 Å². The average Bonchev–Trinajstić information content (AvgIpc) is 3.23. The summed E-state index contributed by atoms with van der Waals surface area (Å²) in [5, 5.41) is 16.8. The fourth-order valence-electron chi connectivity index (χ4n) is 5.42. The molecule has 0 saturated carbocycles. The molecule has 2 aromatic rings. The van der Waals surface area contributed by atoms with E-state index in [4.69, 9.17) is 4.98 Å². The highest BCUT2D eigenvalue weighted by atomic mass is 32.2. The number of sulfonamides is 1. The third-order valence-electron chi connectivity index (χ3n) is 6.77. The van der Waals surface area contributed by atoms with Crippen LogP contribution in [0.5, 0.6) is 0 Å². The first-order valence-corrected chi connectivity index (χ1v) is 12.6. The number of anilines is 3. The molecule has 2 aromatic heterocycles. The average molecular weight is 458 g/mol. The van der Waals surface area contributed by atoms with Crippen molar-refractivity contribution < 1.29 is 8.42 Å². The van der Waals surface area contributed by atoms with Crippen LogP contribution in [0, 0.1) is 11.3 Å². The van der Waals surface area contributed by atoms with Crippen LogP contribution in [0.1, 0.15) is 19.3 Å². The summed E-state index contributed by atoms with van der Waals surface area (Å²) in [6.07, 6.45) is 9.01. The van der Waals surface area contributed by atoms with E-state index in [2.05, 4.69) is 31.3 Å². The van der Waals surface area contributed by atoms with Crippen molar-refractivity contribution in [1.82, 2.24) is 29.0 Å². The van der Waals surface area contributed by atoms with Crippen molar-refractivity contribution in [2.45, 2.75) is 36.9 Å². The van der Waals surface area contributed by atoms with Gasteiger partial charge in [-0.2, -0.15) is 19.6 Å². The van der Waals surface area contributed by atoms with Crippen molar-refractivity contribution in [2.24, 2.45) is 7.05 Å². The van der Waals surface area contributed by atoms with E-state index in [9.17, 15) is 13.7 Å². The van der Waals surface area contributed by atoms with Crippen molar-refractivity contribution >= 4 is 27.5 Å².